The molecule has 0 bridgehead atoms. The summed E-state index contributed by atoms with van der Waals surface area (Å²) in [4.78, 5) is 17.6. The molecule has 5 N–H and O–H groups in total. The van der Waals surface area contributed by atoms with Crippen LogP contribution in [0, 0.1) is 13.8 Å². The highest BCUT2D eigenvalue weighted by atomic mass is 35.5. The molecule has 1 aliphatic rings. The number of aryl methyl sites for hydroxylation is 2. The average molecular weight is 633 g/mol. The number of halogens is 4. The number of nitrogens with two attached hydrogens (primary N) is 2. The molecule has 2 heterocycles. The molecule has 0 radical (unpaired) electrons. The van der Waals surface area contributed by atoms with Gasteiger partial charge in [0.15, 0.2) is 0 Å². The SMILES string of the molecule is Cc1ccc(C(=O)Nc2cc(CN(C)C3CCN(C)CC3)c(Cl)c(C(F)(F)F)c2)cc1CN(N)/C=C(\N)c1cnn(C)c1C. The van der Waals surface area contributed by atoms with E-state index in [4.69, 9.17) is 23.2 Å². The number of likely N-dealkylation sites (tertiary alicyclic amines) is 1. The second-order valence-corrected chi connectivity index (χ2v) is 11.9. The van der Waals surface area contributed by atoms with E-state index in [0.29, 0.717) is 11.3 Å². The minimum Gasteiger partial charge on any atom is -0.397 e. The highest BCUT2D eigenvalue weighted by Gasteiger charge is 2.35. The second kappa shape index (κ2) is 13.6. The number of aromatic nitrogens is 2. The summed E-state index contributed by atoms with van der Waals surface area (Å²) < 4.78 is 43.7. The van der Waals surface area contributed by atoms with Crippen LogP contribution in [0.5, 0.6) is 0 Å². The van der Waals surface area contributed by atoms with Crippen LogP contribution >= 0.6 is 11.6 Å². The first kappa shape index (κ1) is 33.3. The summed E-state index contributed by atoms with van der Waals surface area (Å²) in [6.45, 7) is 6.06. The lowest BCUT2D eigenvalue weighted by atomic mass is 10.0. The lowest BCUT2D eigenvalue weighted by molar-refractivity contribution is -0.137. The quantitative estimate of drug-likeness (QED) is 0.222. The molecule has 9 nitrogen and oxygen atoms in total. The molecule has 0 aliphatic carbocycles. The van der Waals surface area contributed by atoms with Gasteiger partial charge in [0.2, 0.25) is 0 Å². The van der Waals surface area contributed by atoms with Crippen LogP contribution in [0.4, 0.5) is 18.9 Å². The molecule has 0 unspecified atom stereocenters. The van der Waals surface area contributed by atoms with Gasteiger partial charge in [-0.25, -0.2) is 5.84 Å². The average Bonchev–Trinajstić information content (AvgIpc) is 3.28. The van der Waals surface area contributed by atoms with Gasteiger partial charge >= 0.3 is 6.18 Å². The Kier molecular flexibility index (Phi) is 10.3. The number of nitrogens with one attached hydrogen (secondary N) is 1. The topological polar surface area (TPSA) is 109 Å². The third-order valence-electron chi connectivity index (χ3n) is 8.26. The van der Waals surface area contributed by atoms with E-state index in [1.165, 1.54) is 11.1 Å². The fraction of sp³-hybridized carbons (Fsp3) is 0.419. The minimum atomic E-state index is -4.69. The van der Waals surface area contributed by atoms with Gasteiger partial charge in [-0.05, 0) is 94.8 Å². The highest BCUT2D eigenvalue weighted by Crippen LogP contribution is 2.39. The van der Waals surface area contributed by atoms with Gasteiger partial charge in [-0.3, -0.25) is 14.4 Å². The summed E-state index contributed by atoms with van der Waals surface area (Å²) in [5.41, 5.74) is 9.55. The van der Waals surface area contributed by atoms with Crippen molar-refractivity contribution in [1.82, 2.24) is 24.6 Å². The maximum absolute atomic E-state index is 14.0. The van der Waals surface area contributed by atoms with Crippen LogP contribution in [0.15, 0.2) is 42.7 Å². The summed E-state index contributed by atoms with van der Waals surface area (Å²) in [7, 11) is 5.76. The van der Waals surface area contributed by atoms with Crippen molar-refractivity contribution in [3.05, 3.63) is 86.8 Å². The number of alkyl halides is 3. The molecule has 0 spiro atoms. The molecule has 238 valence electrons. The van der Waals surface area contributed by atoms with Crippen LogP contribution in [0.1, 0.15) is 56.7 Å². The van der Waals surface area contributed by atoms with E-state index in [2.05, 4.69) is 22.4 Å². The predicted octanol–water partition coefficient (Wildman–Crippen LogP) is 5.12. The van der Waals surface area contributed by atoms with E-state index in [1.807, 2.05) is 32.8 Å². The van der Waals surface area contributed by atoms with Gasteiger partial charge in [-0.2, -0.15) is 18.3 Å². The summed E-state index contributed by atoms with van der Waals surface area (Å²) in [5, 5.41) is 7.90. The van der Waals surface area contributed by atoms with Gasteiger partial charge in [0, 0.05) is 48.3 Å². The predicted molar refractivity (Wildman–Crippen MR) is 167 cm³/mol. The number of anilines is 1. The van der Waals surface area contributed by atoms with E-state index >= 15 is 0 Å². The van der Waals surface area contributed by atoms with Crippen molar-refractivity contribution in [1.29, 1.82) is 0 Å². The number of carbonyl (C=O) groups is 1. The minimum absolute atomic E-state index is 0.0172. The third kappa shape index (κ3) is 7.92. The van der Waals surface area contributed by atoms with Gasteiger partial charge in [0.25, 0.3) is 5.91 Å². The van der Waals surface area contributed by atoms with Crippen LogP contribution in [0.3, 0.4) is 0 Å². The van der Waals surface area contributed by atoms with Crippen LogP contribution in [0.25, 0.3) is 5.70 Å². The van der Waals surface area contributed by atoms with Crippen molar-refractivity contribution < 1.29 is 18.0 Å². The Morgan fingerprint density at radius 3 is 2.43 bits per heavy atom. The smallest absolute Gasteiger partial charge is 0.397 e. The number of amides is 1. The van der Waals surface area contributed by atoms with Crippen molar-refractivity contribution in [3.8, 4) is 0 Å². The molecular formula is C31H40ClF3N8O. The van der Waals surface area contributed by atoms with Crippen molar-refractivity contribution in [3.63, 3.8) is 0 Å². The molecule has 0 saturated carbocycles. The van der Waals surface area contributed by atoms with E-state index in [0.717, 1.165) is 54.4 Å². The molecule has 44 heavy (non-hydrogen) atoms. The van der Waals surface area contributed by atoms with Crippen LogP contribution in [0.2, 0.25) is 5.02 Å². The third-order valence-corrected chi connectivity index (χ3v) is 8.70. The van der Waals surface area contributed by atoms with Crippen molar-refractivity contribution in [2.75, 3.05) is 32.5 Å². The van der Waals surface area contributed by atoms with E-state index in [9.17, 15) is 18.0 Å². The van der Waals surface area contributed by atoms with Crippen LogP contribution in [-0.4, -0.2) is 63.7 Å². The summed E-state index contributed by atoms with van der Waals surface area (Å²) in [6.07, 6.45) is 0.379. The molecule has 1 aromatic heterocycles. The first-order chi connectivity index (χ1) is 20.6. The van der Waals surface area contributed by atoms with Gasteiger partial charge in [0.05, 0.1) is 29.0 Å². The number of nitrogens with zero attached hydrogens (tertiary/aromatic N) is 5. The maximum atomic E-state index is 14.0. The number of hydrazine groups is 1. The Hall–Kier alpha value is -3.58. The Balaban J connectivity index is 1.54. The van der Waals surface area contributed by atoms with Crippen molar-refractivity contribution >= 4 is 28.9 Å². The fourth-order valence-corrected chi connectivity index (χ4v) is 5.65. The highest BCUT2D eigenvalue weighted by molar-refractivity contribution is 6.32. The maximum Gasteiger partial charge on any atom is 0.417 e. The number of benzene rings is 2. The molecule has 0 atom stereocenters. The number of hydrogen-bond acceptors (Lipinski definition) is 7. The normalized spacial score (nSPS) is 15.2. The lowest BCUT2D eigenvalue weighted by Crippen LogP contribution is -2.41. The van der Waals surface area contributed by atoms with Gasteiger partial charge < -0.3 is 21.0 Å². The Labute approximate surface area is 261 Å². The summed E-state index contributed by atoms with van der Waals surface area (Å²) in [5.74, 6) is 5.68. The summed E-state index contributed by atoms with van der Waals surface area (Å²) in [6, 6.07) is 7.67. The van der Waals surface area contributed by atoms with E-state index in [-0.39, 0.29) is 35.4 Å². The monoisotopic (exact) mass is 632 g/mol. The van der Waals surface area contributed by atoms with Crippen LogP contribution in [-0.2, 0) is 26.3 Å². The number of rotatable bonds is 9. The largest absolute Gasteiger partial charge is 0.417 e. The lowest BCUT2D eigenvalue weighted by Gasteiger charge is -2.35. The summed E-state index contributed by atoms with van der Waals surface area (Å²) >= 11 is 6.29. The molecule has 3 aromatic rings. The number of carbonyl (C=O) groups excluding carboxylic acids is 1. The molecule has 2 aromatic carbocycles. The standard InChI is InChI=1S/C31H40ClF3N8O/c1-19-6-7-21(12-22(19)17-43(37)18-28(36)26-15-38-42(5)20(26)2)30(44)39-24-13-23(29(32)27(14-24)31(33,34)35)16-41(4)25-8-10-40(3)11-9-25/h6-7,12-15,18,25H,8-11,16-17,36-37H2,1-5H3,(H,39,44)/b28-18-. The van der Waals surface area contributed by atoms with Crippen molar-refractivity contribution in [2.45, 2.75) is 52.0 Å². The molecular weight excluding hydrogens is 593 g/mol. The van der Waals surface area contributed by atoms with Crippen molar-refractivity contribution in [2.24, 2.45) is 18.6 Å². The molecule has 1 saturated heterocycles. The Morgan fingerprint density at radius 2 is 1.82 bits per heavy atom. The molecule has 1 amide bonds. The Morgan fingerprint density at radius 1 is 1.14 bits per heavy atom. The zero-order chi connectivity index (χ0) is 32.3. The molecule has 13 heteroatoms. The first-order valence-electron chi connectivity index (χ1n) is 14.3. The second-order valence-electron chi connectivity index (χ2n) is 11.6. The Bertz CT molecular complexity index is 1530. The first-order valence-corrected chi connectivity index (χ1v) is 14.7. The fourth-order valence-electron chi connectivity index (χ4n) is 5.37. The van der Waals surface area contributed by atoms with Gasteiger partial charge in [0.1, 0.15) is 0 Å². The zero-order valence-corrected chi connectivity index (χ0v) is 26.4. The molecule has 1 aliphatic heterocycles. The van der Waals surface area contributed by atoms with Crippen LogP contribution < -0.4 is 16.9 Å². The zero-order valence-electron chi connectivity index (χ0n) is 25.7. The molecule has 4 rings (SSSR count). The van der Waals surface area contributed by atoms with E-state index in [1.54, 1.807) is 35.3 Å². The van der Waals surface area contributed by atoms with Gasteiger partial charge in [-0.15, -0.1) is 0 Å². The van der Waals surface area contributed by atoms with Gasteiger partial charge in [-0.1, -0.05) is 17.7 Å². The molecule has 1 fully saturated rings. The number of piperidine rings is 1. The van der Waals surface area contributed by atoms with E-state index < -0.39 is 17.6 Å². The number of hydrogen-bond donors (Lipinski definition) is 3.